The van der Waals surface area contributed by atoms with Crippen LogP contribution in [0.3, 0.4) is 0 Å². The van der Waals surface area contributed by atoms with Gasteiger partial charge in [0.1, 0.15) is 17.7 Å². The highest BCUT2D eigenvalue weighted by Gasteiger charge is 2.56. The number of aryl methyl sites for hydroxylation is 1. The number of non-ortho nitro benzene ring substituents is 1. The van der Waals surface area contributed by atoms with E-state index in [1.165, 1.54) is 17.7 Å². The molecule has 0 spiro atoms. The fourth-order valence-electron chi connectivity index (χ4n) is 3.85. The molecular formula is C23H22N2O5S2. The van der Waals surface area contributed by atoms with Gasteiger partial charge in [0.15, 0.2) is 0 Å². The van der Waals surface area contributed by atoms with Crippen molar-refractivity contribution in [2.45, 2.75) is 37.9 Å². The van der Waals surface area contributed by atoms with Gasteiger partial charge in [0.05, 0.1) is 16.9 Å². The second kappa shape index (κ2) is 9.40. The summed E-state index contributed by atoms with van der Waals surface area (Å²) in [5, 5.41) is 20.9. The number of thiocarbonyl (C=S) groups is 1. The third-order valence-electron chi connectivity index (χ3n) is 5.57. The maximum atomic E-state index is 12.7. The molecule has 2 aliphatic rings. The summed E-state index contributed by atoms with van der Waals surface area (Å²) in [6, 6.07) is 16.1. The number of aliphatic hydroxyl groups is 1. The van der Waals surface area contributed by atoms with Crippen LogP contribution in [0.4, 0.5) is 5.69 Å². The number of carbonyl (C=O) groups is 1. The van der Waals surface area contributed by atoms with Crippen molar-refractivity contribution >= 4 is 40.6 Å². The average molecular weight is 471 g/mol. The van der Waals surface area contributed by atoms with Crippen molar-refractivity contribution in [3.8, 4) is 0 Å². The van der Waals surface area contributed by atoms with Gasteiger partial charge in [-0.2, -0.15) is 0 Å². The van der Waals surface area contributed by atoms with E-state index in [9.17, 15) is 20.0 Å². The quantitative estimate of drug-likeness (QED) is 0.268. The Balaban J connectivity index is 1.50. The Morgan fingerprint density at radius 2 is 1.88 bits per heavy atom. The molecule has 3 atom stereocenters. The number of hydrogen-bond acceptors (Lipinski definition) is 7. The van der Waals surface area contributed by atoms with Crippen molar-refractivity contribution in [1.82, 2.24) is 4.90 Å². The van der Waals surface area contributed by atoms with Gasteiger partial charge in [-0.05, 0) is 55.2 Å². The molecular weight excluding hydrogens is 448 g/mol. The Bertz CT molecular complexity index is 1070. The molecule has 0 saturated carbocycles. The topological polar surface area (TPSA) is 92.9 Å². The van der Waals surface area contributed by atoms with Crippen LogP contribution in [0.1, 0.15) is 24.5 Å². The van der Waals surface area contributed by atoms with Crippen molar-refractivity contribution in [1.29, 1.82) is 0 Å². The van der Waals surface area contributed by atoms with E-state index in [4.69, 9.17) is 17.0 Å². The summed E-state index contributed by atoms with van der Waals surface area (Å²) < 4.78 is 5.83. The third kappa shape index (κ3) is 4.41. The molecule has 2 heterocycles. The number of amides is 1. The zero-order chi connectivity index (χ0) is 22.8. The minimum absolute atomic E-state index is 0.00705. The molecule has 2 aromatic rings. The van der Waals surface area contributed by atoms with E-state index in [0.29, 0.717) is 12.1 Å². The second-order valence-corrected chi connectivity index (χ2v) is 9.32. The number of carbonyl (C=O) groups excluding carboxylic acids is 1. The fourth-order valence-corrected chi connectivity index (χ4v) is 5.82. The Morgan fingerprint density at radius 1 is 1.19 bits per heavy atom. The average Bonchev–Trinajstić information content (AvgIpc) is 3.10. The van der Waals surface area contributed by atoms with Crippen molar-refractivity contribution in [2.24, 2.45) is 5.92 Å². The van der Waals surface area contributed by atoms with Crippen LogP contribution in [0.25, 0.3) is 0 Å². The molecule has 4 rings (SSSR count). The van der Waals surface area contributed by atoms with Gasteiger partial charge in [-0.3, -0.25) is 19.8 Å². The summed E-state index contributed by atoms with van der Waals surface area (Å²) in [6.45, 7) is 1.77. The summed E-state index contributed by atoms with van der Waals surface area (Å²) in [5.74, 6) is -0.606. The van der Waals surface area contributed by atoms with Crippen LogP contribution in [0.2, 0.25) is 0 Å². The highest BCUT2D eigenvalue weighted by Crippen LogP contribution is 2.52. The van der Waals surface area contributed by atoms with Crippen LogP contribution in [-0.2, 0) is 22.6 Å². The number of allylic oxidation sites excluding steroid dienone is 1. The number of rotatable bonds is 8. The van der Waals surface area contributed by atoms with Crippen LogP contribution in [0.5, 0.6) is 0 Å². The SMILES string of the molecule is C[C@H](O)[C@@H]1C(=O)N2C(C(=S)OCc3ccc([N+](=O)[O-])cc3)=C(CCc3ccccc3)S[C@H]12. The lowest BCUT2D eigenvalue weighted by atomic mass is 9.92. The minimum Gasteiger partial charge on any atom is -0.477 e. The van der Waals surface area contributed by atoms with Gasteiger partial charge in [0.25, 0.3) is 5.69 Å². The van der Waals surface area contributed by atoms with Crippen molar-refractivity contribution in [3.63, 3.8) is 0 Å². The van der Waals surface area contributed by atoms with Gasteiger partial charge < -0.3 is 9.84 Å². The maximum Gasteiger partial charge on any atom is 0.269 e. The minimum atomic E-state index is -0.736. The molecule has 1 fully saturated rings. The number of fused-ring (bicyclic) bond motifs is 1. The molecule has 2 aromatic carbocycles. The number of hydrogen-bond donors (Lipinski definition) is 1. The Hall–Kier alpha value is -2.75. The number of benzene rings is 2. The highest BCUT2D eigenvalue weighted by molar-refractivity contribution is 8.04. The standard InChI is InChI=1S/C23H22N2O5S2/c1-14(26)19-21(27)24-20(18(32-22(19)24)12-9-15-5-3-2-4-6-15)23(31)30-13-16-7-10-17(11-8-16)25(28)29/h2-8,10-11,14,19,22,26H,9,12-13H2,1H3/t14-,19+,22+/m0/s1. The lowest BCUT2D eigenvalue weighted by Crippen LogP contribution is -2.60. The molecule has 0 unspecified atom stereocenters. The predicted molar refractivity (Wildman–Crippen MR) is 126 cm³/mol. The van der Waals surface area contributed by atoms with Gasteiger partial charge >= 0.3 is 0 Å². The van der Waals surface area contributed by atoms with Crippen LogP contribution in [0, 0.1) is 16.0 Å². The molecule has 0 bridgehead atoms. The van der Waals surface area contributed by atoms with Gasteiger partial charge in [-0.25, -0.2) is 0 Å². The molecule has 1 saturated heterocycles. The zero-order valence-electron chi connectivity index (χ0n) is 17.3. The van der Waals surface area contributed by atoms with Crippen LogP contribution in [0.15, 0.2) is 65.2 Å². The molecule has 1 N–H and O–H groups in total. The first-order chi connectivity index (χ1) is 15.4. The highest BCUT2D eigenvalue weighted by atomic mass is 32.2. The maximum absolute atomic E-state index is 12.7. The smallest absolute Gasteiger partial charge is 0.269 e. The van der Waals surface area contributed by atoms with Gasteiger partial charge in [0, 0.05) is 17.0 Å². The number of thioether (sulfide) groups is 1. The normalized spacial score (nSPS) is 20.6. The van der Waals surface area contributed by atoms with Crippen LogP contribution >= 0.6 is 24.0 Å². The van der Waals surface area contributed by atoms with Crippen molar-refractivity contribution in [3.05, 3.63) is 86.4 Å². The van der Waals surface area contributed by atoms with E-state index < -0.39 is 16.9 Å². The van der Waals surface area contributed by atoms with E-state index in [0.717, 1.165) is 16.9 Å². The van der Waals surface area contributed by atoms with Gasteiger partial charge in [-0.15, -0.1) is 11.8 Å². The van der Waals surface area contributed by atoms with Gasteiger partial charge in [-0.1, -0.05) is 30.3 Å². The number of β-lactam (4-membered cyclic amide) rings is 1. The molecule has 32 heavy (non-hydrogen) atoms. The summed E-state index contributed by atoms with van der Waals surface area (Å²) in [4.78, 5) is 25.7. The number of nitro benzene ring substituents is 1. The first-order valence-corrected chi connectivity index (χ1v) is 11.5. The lowest BCUT2D eigenvalue weighted by Gasteiger charge is -2.44. The Kier molecular flexibility index (Phi) is 6.59. The monoisotopic (exact) mass is 470 g/mol. The summed E-state index contributed by atoms with van der Waals surface area (Å²) in [6.07, 6.45) is 0.768. The number of nitro groups is 1. The Morgan fingerprint density at radius 3 is 2.50 bits per heavy atom. The molecule has 7 nitrogen and oxygen atoms in total. The van der Waals surface area contributed by atoms with E-state index in [-0.39, 0.29) is 28.6 Å². The largest absolute Gasteiger partial charge is 0.477 e. The molecule has 2 aliphatic heterocycles. The van der Waals surface area contributed by atoms with Gasteiger partial charge in [0.2, 0.25) is 11.0 Å². The van der Waals surface area contributed by atoms with E-state index >= 15 is 0 Å². The number of aliphatic hydroxyl groups excluding tert-OH is 1. The molecule has 0 aliphatic carbocycles. The Labute approximate surface area is 195 Å². The second-order valence-electron chi connectivity index (χ2n) is 7.74. The summed E-state index contributed by atoms with van der Waals surface area (Å²) in [5.41, 5.74) is 2.54. The summed E-state index contributed by atoms with van der Waals surface area (Å²) >= 11 is 7.12. The molecule has 9 heteroatoms. The number of nitrogens with zero attached hydrogens (tertiary/aromatic N) is 2. The molecule has 0 aromatic heterocycles. The predicted octanol–water partition coefficient (Wildman–Crippen LogP) is 4.20. The molecule has 0 radical (unpaired) electrons. The molecule has 1 amide bonds. The lowest BCUT2D eigenvalue weighted by molar-refractivity contribution is -0.384. The molecule has 166 valence electrons. The zero-order valence-corrected chi connectivity index (χ0v) is 19.0. The first kappa shape index (κ1) is 22.4. The van der Waals surface area contributed by atoms with E-state index in [1.54, 1.807) is 35.7 Å². The van der Waals surface area contributed by atoms with Crippen molar-refractivity contribution < 1.29 is 19.6 Å². The van der Waals surface area contributed by atoms with Crippen LogP contribution in [-0.4, -0.2) is 37.4 Å². The fraction of sp³-hybridized carbons (Fsp3) is 0.304. The van der Waals surface area contributed by atoms with E-state index in [2.05, 4.69) is 12.1 Å². The first-order valence-electron chi connectivity index (χ1n) is 10.2. The third-order valence-corrected chi connectivity index (χ3v) is 7.30. The van der Waals surface area contributed by atoms with Crippen molar-refractivity contribution in [2.75, 3.05) is 0 Å². The summed E-state index contributed by atoms with van der Waals surface area (Å²) in [7, 11) is 0. The number of ether oxygens (including phenoxy) is 1. The van der Waals surface area contributed by atoms with E-state index in [1.807, 2.05) is 18.2 Å². The van der Waals surface area contributed by atoms with Crippen LogP contribution < -0.4 is 0 Å².